The molecule has 0 unspecified atom stereocenters. The van der Waals surface area contributed by atoms with Crippen LogP contribution < -0.4 is 14.8 Å². The zero-order chi connectivity index (χ0) is 27.3. The molecule has 2 aromatic carbocycles. The quantitative estimate of drug-likeness (QED) is 0.482. The molecule has 1 atom stereocenters. The fourth-order valence-corrected chi connectivity index (χ4v) is 7.65. The number of ether oxygens (including phenoxy) is 3. The predicted molar refractivity (Wildman–Crippen MR) is 139 cm³/mol. The van der Waals surface area contributed by atoms with Crippen LogP contribution in [0.1, 0.15) is 18.4 Å². The van der Waals surface area contributed by atoms with Gasteiger partial charge in [0.2, 0.25) is 26.0 Å². The van der Waals surface area contributed by atoms with E-state index in [1.165, 1.54) is 47.1 Å². The molecule has 2 aliphatic rings. The summed E-state index contributed by atoms with van der Waals surface area (Å²) in [5.41, 5.74) is 0.737. The van der Waals surface area contributed by atoms with Crippen LogP contribution in [0.15, 0.2) is 52.3 Å². The van der Waals surface area contributed by atoms with E-state index in [-0.39, 0.29) is 34.5 Å². The number of hydrogen-bond acceptors (Lipinski definition) is 8. The third-order valence-corrected chi connectivity index (χ3v) is 10.5. The summed E-state index contributed by atoms with van der Waals surface area (Å²) in [6.45, 7) is 1.92. The normalized spacial score (nSPS) is 19.6. The number of piperidine rings is 1. The molecule has 0 spiro atoms. The van der Waals surface area contributed by atoms with E-state index in [2.05, 4.69) is 5.32 Å². The molecular weight excluding hydrogens is 534 g/mol. The number of rotatable bonds is 9. The summed E-state index contributed by atoms with van der Waals surface area (Å²) in [5.74, 6) is -0.181. The van der Waals surface area contributed by atoms with Crippen LogP contribution in [0, 0.1) is 5.92 Å². The Kier molecular flexibility index (Phi) is 8.93. The van der Waals surface area contributed by atoms with Gasteiger partial charge in [-0.1, -0.05) is 12.1 Å². The highest BCUT2D eigenvalue weighted by atomic mass is 32.2. The molecule has 0 saturated carbocycles. The zero-order valence-corrected chi connectivity index (χ0v) is 23.1. The van der Waals surface area contributed by atoms with Crippen LogP contribution in [-0.2, 0) is 36.1 Å². The van der Waals surface area contributed by atoms with Gasteiger partial charge < -0.3 is 19.5 Å². The van der Waals surface area contributed by atoms with Gasteiger partial charge in [-0.25, -0.2) is 16.8 Å². The van der Waals surface area contributed by atoms with Gasteiger partial charge in [0.1, 0.15) is 16.4 Å². The van der Waals surface area contributed by atoms with Crippen LogP contribution in [0.3, 0.4) is 0 Å². The average Bonchev–Trinajstić information content (AvgIpc) is 2.96. The summed E-state index contributed by atoms with van der Waals surface area (Å²) in [6, 6.07) is 11.0. The van der Waals surface area contributed by atoms with Gasteiger partial charge in [-0.3, -0.25) is 4.79 Å². The molecule has 0 aliphatic carbocycles. The number of nitrogens with one attached hydrogen (secondary N) is 1. The first kappa shape index (κ1) is 28.3. The van der Waals surface area contributed by atoms with Crippen LogP contribution in [0.25, 0.3) is 0 Å². The predicted octanol–water partition coefficient (Wildman–Crippen LogP) is 1.44. The van der Waals surface area contributed by atoms with Crippen molar-refractivity contribution < 1.29 is 35.8 Å². The minimum absolute atomic E-state index is 0.00692. The molecule has 0 radical (unpaired) electrons. The minimum Gasteiger partial charge on any atom is -0.497 e. The lowest BCUT2D eigenvalue weighted by molar-refractivity contribution is -0.126. The number of benzene rings is 2. The smallest absolute Gasteiger partial charge is 0.246 e. The molecule has 1 amide bonds. The lowest BCUT2D eigenvalue weighted by Gasteiger charge is -2.31. The number of morpholine rings is 1. The number of methoxy groups -OCH3 is 2. The van der Waals surface area contributed by atoms with E-state index in [0.717, 1.165) is 5.56 Å². The Bertz CT molecular complexity index is 1340. The van der Waals surface area contributed by atoms with Gasteiger partial charge in [-0.2, -0.15) is 8.61 Å². The Morgan fingerprint density at radius 1 is 0.947 bits per heavy atom. The van der Waals surface area contributed by atoms with Gasteiger partial charge in [0.15, 0.2) is 0 Å². The fraction of sp³-hybridized carbons (Fsp3) is 0.480. The van der Waals surface area contributed by atoms with E-state index in [9.17, 15) is 21.6 Å². The van der Waals surface area contributed by atoms with Crippen molar-refractivity contribution in [1.82, 2.24) is 13.9 Å². The fourth-order valence-electron chi connectivity index (χ4n) is 4.55. The van der Waals surface area contributed by atoms with Crippen molar-refractivity contribution in [3.63, 3.8) is 0 Å². The maximum atomic E-state index is 13.4. The molecule has 0 bridgehead atoms. The van der Waals surface area contributed by atoms with Gasteiger partial charge in [0, 0.05) is 38.8 Å². The van der Waals surface area contributed by atoms with E-state index in [0.29, 0.717) is 51.4 Å². The highest BCUT2D eigenvalue weighted by molar-refractivity contribution is 7.89. The first-order valence-corrected chi connectivity index (χ1v) is 15.2. The Morgan fingerprint density at radius 2 is 1.66 bits per heavy atom. The second-order valence-corrected chi connectivity index (χ2v) is 12.9. The molecule has 4 rings (SSSR count). The van der Waals surface area contributed by atoms with Crippen molar-refractivity contribution in [2.75, 3.05) is 53.6 Å². The molecule has 1 N–H and O–H groups in total. The summed E-state index contributed by atoms with van der Waals surface area (Å²) < 4.78 is 70.8. The number of carbonyl (C=O) groups excluding carboxylic acids is 1. The largest absolute Gasteiger partial charge is 0.497 e. The summed E-state index contributed by atoms with van der Waals surface area (Å²) in [7, 11) is -4.66. The van der Waals surface area contributed by atoms with Gasteiger partial charge in [-0.05, 0) is 42.7 Å². The maximum Gasteiger partial charge on any atom is 0.246 e. The number of sulfonamides is 2. The maximum absolute atomic E-state index is 13.4. The molecule has 2 aromatic rings. The van der Waals surface area contributed by atoms with Crippen LogP contribution in [0.5, 0.6) is 11.5 Å². The van der Waals surface area contributed by atoms with Crippen molar-refractivity contribution >= 4 is 26.0 Å². The molecule has 2 fully saturated rings. The van der Waals surface area contributed by atoms with Crippen molar-refractivity contribution in [2.45, 2.75) is 29.2 Å². The molecular formula is C25H33N3O8S2. The van der Waals surface area contributed by atoms with Crippen molar-refractivity contribution in [2.24, 2.45) is 5.92 Å². The molecule has 13 heteroatoms. The molecule has 2 saturated heterocycles. The van der Waals surface area contributed by atoms with Crippen molar-refractivity contribution in [1.29, 1.82) is 0 Å². The molecule has 0 aromatic heterocycles. The number of carbonyl (C=O) groups is 1. The Morgan fingerprint density at radius 3 is 2.32 bits per heavy atom. The molecule has 2 aliphatic heterocycles. The van der Waals surface area contributed by atoms with Gasteiger partial charge in [0.25, 0.3) is 0 Å². The molecule has 11 nitrogen and oxygen atoms in total. The van der Waals surface area contributed by atoms with Crippen molar-refractivity contribution in [3.05, 3.63) is 48.0 Å². The summed E-state index contributed by atoms with van der Waals surface area (Å²) in [4.78, 5) is 13.1. The number of nitrogens with zero attached hydrogens (tertiary/aromatic N) is 2. The second-order valence-electron chi connectivity index (χ2n) is 9.10. The number of amides is 1. The molecule has 208 valence electrons. The van der Waals surface area contributed by atoms with Crippen LogP contribution >= 0.6 is 0 Å². The monoisotopic (exact) mass is 567 g/mol. The second kappa shape index (κ2) is 12.0. The van der Waals surface area contributed by atoms with Gasteiger partial charge in [-0.15, -0.1) is 0 Å². The van der Waals surface area contributed by atoms with Gasteiger partial charge >= 0.3 is 0 Å². The molecule has 2 heterocycles. The van der Waals surface area contributed by atoms with Crippen LogP contribution in [-0.4, -0.2) is 85.0 Å². The van der Waals surface area contributed by atoms with E-state index in [4.69, 9.17) is 14.2 Å². The van der Waals surface area contributed by atoms with E-state index in [1.807, 2.05) is 0 Å². The van der Waals surface area contributed by atoms with E-state index >= 15 is 0 Å². The average molecular weight is 568 g/mol. The SMILES string of the molecule is COc1ccc(OC)c(S(=O)(=O)N2CCC[C@@H](C(=O)NCc3ccc(S(=O)(=O)N4CCOCC4)cc3)C2)c1. The Labute approximate surface area is 223 Å². The van der Waals surface area contributed by atoms with Crippen molar-refractivity contribution in [3.8, 4) is 11.5 Å². The number of hydrogen-bond donors (Lipinski definition) is 1. The summed E-state index contributed by atoms with van der Waals surface area (Å²) in [6.07, 6.45) is 1.10. The topological polar surface area (TPSA) is 132 Å². The molecule has 38 heavy (non-hydrogen) atoms. The van der Waals surface area contributed by atoms with Crippen LogP contribution in [0.4, 0.5) is 0 Å². The summed E-state index contributed by atoms with van der Waals surface area (Å²) >= 11 is 0. The van der Waals surface area contributed by atoms with Crippen LogP contribution in [0.2, 0.25) is 0 Å². The minimum atomic E-state index is -3.92. The first-order valence-electron chi connectivity index (χ1n) is 12.3. The van der Waals surface area contributed by atoms with E-state index < -0.39 is 26.0 Å². The highest BCUT2D eigenvalue weighted by Crippen LogP contribution is 2.32. The first-order chi connectivity index (χ1) is 18.2. The standard InChI is InChI=1S/C25H33N3O8S2/c1-34-21-7-10-23(35-2)24(16-21)38(32,33)28-11-3-4-20(18-28)25(29)26-17-19-5-8-22(9-6-19)37(30,31)27-12-14-36-15-13-27/h5-10,16,20H,3-4,11-15,17-18H2,1-2H3,(H,26,29)/t20-/m1/s1. The highest BCUT2D eigenvalue weighted by Gasteiger charge is 2.35. The zero-order valence-electron chi connectivity index (χ0n) is 21.5. The summed E-state index contributed by atoms with van der Waals surface area (Å²) in [5, 5.41) is 2.86. The van der Waals surface area contributed by atoms with E-state index in [1.54, 1.807) is 18.2 Å². The third-order valence-electron chi connectivity index (χ3n) is 6.74. The lowest BCUT2D eigenvalue weighted by atomic mass is 9.99. The third kappa shape index (κ3) is 6.12. The Balaban J connectivity index is 1.38. The van der Waals surface area contributed by atoms with Gasteiger partial charge in [0.05, 0.1) is 38.2 Å². The lowest BCUT2D eigenvalue weighted by Crippen LogP contribution is -2.45. The Hall–Kier alpha value is -2.71.